The van der Waals surface area contributed by atoms with Gasteiger partial charge in [-0.15, -0.1) is 11.3 Å². The number of hydrogen-bond donors (Lipinski definition) is 2. The second kappa shape index (κ2) is 13.1. The Balaban J connectivity index is 1.65. The van der Waals surface area contributed by atoms with Gasteiger partial charge in [-0.1, -0.05) is 26.0 Å². The third-order valence-corrected chi connectivity index (χ3v) is 6.88. The normalized spacial score (nSPS) is 15.2. The van der Waals surface area contributed by atoms with Crippen molar-refractivity contribution in [2.24, 2.45) is 5.92 Å². The molecule has 1 aromatic carbocycles. The molecule has 1 unspecified atom stereocenters. The second-order valence-electron chi connectivity index (χ2n) is 11.0. The summed E-state index contributed by atoms with van der Waals surface area (Å²) in [6, 6.07) is 6.67. The number of nitrogens with one attached hydrogen (secondary N) is 2. The lowest BCUT2D eigenvalue weighted by atomic mass is 10.0. The third-order valence-electron chi connectivity index (χ3n) is 6.14. The zero-order chi connectivity index (χ0) is 27.9. The Morgan fingerprint density at radius 3 is 2.50 bits per heavy atom. The lowest BCUT2D eigenvalue weighted by molar-refractivity contribution is -0.121. The minimum Gasteiger partial charge on any atom is -0.444 e. The van der Waals surface area contributed by atoms with Crippen LogP contribution in [0.2, 0.25) is 0 Å². The van der Waals surface area contributed by atoms with Gasteiger partial charge >= 0.3 is 6.09 Å². The number of thiophene rings is 1. The zero-order valence-electron chi connectivity index (χ0n) is 22.8. The summed E-state index contributed by atoms with van der Waals surface area (Å²) in [5, 5.41) is 18.6. The number of benzene rings is 1. The summed E-state index contributed by atoms with van der Waals surface area (Å²) < 4.78 is 20.6. The summed E-state index contributed by atoms with van der Waals surface area (Å²) in [7, 11) is 0. The minimum atomic E-state index is -0.532. The van der Waals surface area contributed by atoms with Crippen LogP contribution in [-0.2, 0) is 16.1 Å². The summed E-state index contributed by atoms with van der Waals surface area (Å²) in [6.07, 6.45) is 0.284. The van der Waals surface area contributed by atoms with Gasteiger partial charge in [-0.05, 0) is 44.7 Å². The molecule has 10 heteroatoms. The molecule has 38 heavy (non-hydrogen) atoms. The van der Waals surface area contributed by atoms with Crippen LogP contribution in [0.1, 0.15) is 46.6 Å². The van der Waals surface area contributed by atoms with Gasteiger partial charge in [0.2, 0.25) is 5.91 Å². The van der Waals surface area contributed by atoms with Gasteiger partial charge in [0.25, 0.3) is 0 Å². The van der Waals surface area contributed by atoms with Gasteiger partial charge in [0.05, 0.1) is 11.8 Å². The van der Waals surface area contributed by atoms with Crippen LogP contribution in [0.25, 0.3) is 11.1 Å². The van der Waals surface area contributed by atoms with Crippen LogP contribution in [0.5, 0.6) is 0 Å². The number of amides is 2. The Kier molecular flexibility index (Phi) is 10.1. The Bertz CT molecular complexity index is 1150. The highest BCUT2D eigenvalue weighted by Crippen LogP contribution is 2.34. The van der Waals surface area contributed by atoms with E-state index in [0.29, 0.717) is 44.7 Å². The fourth-order valence-electron chi connectivity index (χ4n) is 4.27. The second-order valence-corrected chi connectivity index (χ2v) is 11.7. The maximum atomic E-state index is 15.2. The first-order valence-corrected chi connectivity index (χ1v) is 13.9. The van der Waals surface area contributed by atoms with Crippen LogP contribution in [0.4, 0.5) is 14.9 Å². The number of anilines is 1. The molecular formula is C28H38FN5O3S. The van der Waals surface area contributed by atoms with Crippen LogP contribution in [0, 0.1) is 23.1 Å². The average Bonchev–Trinajstić information content (AvgIpc) is 3.30. The van der Waals surface area contributed by atoms with E-state index in [1.54, 1.807) is 11.0 Å². The number of piperazine rings is 1. The van der Waals surface area contributed by atoms with E-state index >= 15 is 4.39 Å². The van der Waals surface area contributed by atoms with Crippen molar-refractivity contribution in [3.63, 3.8) is 0 Å². The van der Waals surface area contributed by atoms with E-state index in [1.807, 2.05) is 57.5 Å². The maximum Gasteiger partial charge on any atom is 0.410 e. The van der Waals surface area contributed by atoms with E-state index in [0.717, 1.165) is 16.8 Å². The summed E-state index contributed by atoms with van der Waals surface area (Å²) in [5.41, 5.74) is 2.38. The zero-order valence-corrected chi connectivity index (χ0v) is 23.7. The molecule has 206 valence electrons. The SMILES string of the molecule is CC(C)CC(Nc1cscc1-c1ccc(CN2CCN(C(=O)OC(C)(C)C)CC2)c(F)c1)C(=O)NCC#N. The molecule has 2 heterocycles. The van der Waals surface area contributed by atoms with E-state index in [2.05, 4.69) is 15.5 Å². The fraction of sp³-hybridized carbons (Fsp3) is 0.536. The highest BCUT2D eigenvalue weighted by molar-refractivity contribution is 7.08. The number of carbonyl (C=O) groups excluding carboxylic acids is 2. The first-order valence-electron chi connectivity index (χ1n) is 12.9. The van der Waals surface area contributed by atoms with Crippen molar-refractivity contribution >= 4 is 29.0 Å². The van der Waals surface area contributed by atoms with Gasteiger partial charge in [-0.2, -0.15) is 5.26 Å². The largest absolute Gasteiger partial charge is 0.444 e. The maximum absolute atomic E-state index is 15.2. The first-order chi connectivity index (χ1) is 18.0. The molecule has 0 spiro atoms. The summed E-state index contributed by atoms with van der Waals surface area (Å²) in [5.74, 6) is -0.254. The average molecular weight is 544 g/mol. The fourth-order valence-corrected chi connectivity index (χ4v) is 5.07. The van der Waals surface area contributed by atoms with Gasteiger partial charge < -0.3 is 20.3 Å². The van der Waals surface area contributed by atoms with Crippen molar-refractivity contribution in [2.45, 2.75) is 59.2 Å². The lowest BCUT2D eigenvalue weighted by Crippen LogP contribution is -2.49. The van der Waals surface area contributed by atoms with Crippen LogP contribution >= 0.6 is 11.3 Å². The van der Waals surface area contributed by atoms with E-state index in [9.17, 15) is 9.59 Å². The number of ether oxygens (including phenoxy) is 1. The smallest absolute Gasteiger partial charge is 0.410 e. The van der Waals surface area contributed by atoms with Crippen LogP contribution in [0.3, 0.4) is 0 Å². The Morgan fingerprint density at radius 1 is 1.18 bits per heavy atom. The Hall–Kier alpha value is -3.16. The van der Waals surface area contributed by atoms with Crippen molar-refractivity contribution in [3.8, 4) is 17.2 Å². The molecule has 1 aliphatic heterocycles. The van der Waals surface area contributed by atoms with Gasteiger partial charge in [-0.3, -0.25) is 9.69 Å². The van der Waals surface area contributed by atoms with Crippen LogP contribution in [0.15, 0.2) is 29.0 Å². The standard InChI is InChI=1S/C28H38FN5O3S/c1-19(2)14-24(26(35)31-9-8-30)32-25-18-38-17-22(25)20-6-7-21(23(29)15-20)16-33-10-12-34(13-11-33)27(36)37-28(3,4)5/h6-7,15,17-19,24,32H,9-14,16H2,1-5H3,(H,31,35). The monoisotopic (exact) mass is 543 g/mol. The number of hydrogen-bond acceptors (Lipinski definition) is 7. The molecule has 0 saturated carbocycles. The number of rotatable bonds is 9. The van der Waals surface area contributed by atoms with Gasteiger partial charge in [0.1, 0.15) is 24.0 Å². The van der Waals surface area contributed by atoms with Crippen molar-refractivity contribution < 1.29 is 18.7 Å². The quantitative estimate of drug-likeness (QED) is 0.429. The van der Waals surface area contributed by atoms with Crippen molar-refractivity contribution in [2.75, 3.05) is 38.0 Å². The minimum absolute atomic E-state index is 0.0473. The molecule has 3 rings (SSSR count). The summed E-state index contributed by atoms with van der Waals surface area (Å²) in [4.78, 5) is 28.7. The number of nitriles is 1. The van der Waals surface area contributed by atoms with E-state index in [-0.39, 0.29) is 30.3 Å². The molecule has 2 amide bonds. The molecule has 0 bridgehead atoms. The van der Waals surface area contributed by atoms with Crippen molar-refractivity contribution in [1.29, 1.82) is 5.26 Å². The van der Waals surface area contributed by atoms with Gasteiger partial charge in [0.15, 0.2) is 0 Å². The van der Waals surface area contributed by atoms with Crippen molar-refractivity contribution in [1.82, 2.24) is 15.1 Å². The highest BCUT2D eigenvalue weighted by atomic mass is 32.1. The molecule has 1 aliphatic rings. The molecular weight excluding hydrogens is 505 g/mol. The number of nitrogens with zero attached hydrogens (tertiary/aromatic N) is 3. The number of carbonyl (C=O) groups is 2. The van der Waals surface area contributed by atoms with E-state index in [1.165, 1.54) is 17.4 Å². The third kappa shape index (κ3) is 8.43. The summed E-state index contributed by atoms with van der Waals surface area (Å²) >= 11 is 1.48. The summed E-state index contributed by atoms with van der Waals surface area (Å²) in [6.45, 7) is 12.4. The molecule has 1 atom stereocenters. The van der Waals surface area contributed by atoms with Gasteiger partial charge in [-0.25, -0.2) is 9.18 Å². The molecule has 1 saturated heterocycles. The van der Waals surface area contributed by atoms with E-state index < -0.39 is 11.6 Å². The highest BCUT2D eigenvalue weighted by Gasteiger charge is 2.26. The molecule has 2 aromatic rings. The topological polar surface area (TPSA) is 97.7 Å². The van der Waals surface area contributed by atoms with Gasteiger partial charge in [0, 0.05) is 54.6 Å². The first kappa shape index (κ1) is 29.4. The predicted molar refractivity (Wildman–Crippen MR) is 148 cm³/mol. The lowest BCUT2D eigenvalue weighted by Gasteiger charge is -2.35. The molecule has 1 fully saturated rings. The molecule has 1 aromatic heterocycles. The molecule has 2 N–H and O–H groups in total. The number of halogens is 1. The molecule has 0 aliphatic carbocycles. The molecule has 8 nitrogen and oxygen atoms in total. The van der Waals surface area contributed by atoms with Crippen molar-refractivity contribution in [3.05, 3.63) is 40.3 Å². The predicted octanol–water partition coefficient (Wildman–Crippen LogP) is 5.07. The molecule has 0 radical (unpaired) electrons. The van der Waals surface area contributed by atoms with Crippen LogP contribution < -0.4 is 10.6 Å². The van der Waals surface area contributed by atoms with Crippen LogP contribution in [-0.4, -0.2) is 66.2 Å². The van der Waals surface area contributed by atoms with E-state index in [4.69, 9.17) is 10.00 Å². The Labute approximate surface area is 228 Å². The Morgan fingerprint density at radius 2 is 1.89 bits per heavy atom.